The topological polar surface area (TPSA) is 53.6 Å². The second kappa shape index (κ2) is 10.5. The van der Waals surface area contributed by atoms with E-state index in [1.54, 1.807) is 7.11 Å². The molecule has 0 saturated carbocycles. The Labute approximate surface area is 105 Å². The van der Waals surface area contributed by atoms with Crippen LogP contribution in [0.1, 0.15) is 20.3 Å². The van der Waals surface area contributed by atoms with E-state index in [2.05, 4.69) is 36.4 Å². The summed E-state index contributed by atoms with van der Waals surface area (Å²) >= 11 is 0. The van der Waals surface area contributed by atoms with Gasteiger partial charge in [-0.2, -0.15) is 0 Å². The highest BCUT2D eigenvalue weighted by Crippen LogP contribution is 1.97. The van der Waals surface area contributed by atoms with Crippen molar-refractivity contribution in [1.29, 1.82) is 0 Å². The van der Waals surface area contributed by atoms with Gasteiger partial charge >= 0.3 is 0 Å². The predicted octanol–water partition coefficient (Wildman–Crippen LogP) is 0.0689. The summed E-state index contributed by atoms with van der Waals surface area (Å²) in [6, 6.07) is 0.562. The van der Waals surface area contributed by atoms with Crippen LogP contribution in [0.2, 0.25) is 0 Å². The van der Waals surface area contributed by atoms with E-state index in [-0.39, 0.29) is 5.91 Å². The van der Waals surface area contributed by atoms with Gasteiger partial charge in [-0.1, -0.05) is 6.92 Å². The molecule has 0 saturated heterocycles. The quantitative estimate of drug-likeness (QED) is 0.535. The maximum absolute atomic E-state index is 11.4. The maximum atomic E-state index is 11.4. The zero-order valence-corrected chi connectivity index (χ0v) is 11.6. The SMILES string of the molecule is CCC(C)N(C)CCNC(=O)CNCCOC. The number of hydrogen-bond acceptors (Lipinski definition) is 4. The zero-order chi connectivity index (χ0) is 13.1. The van der Waals surface area contributed by atoms with Crippen molar-refractivity contribution in [2.75, 3.05) is 46.9 Å². The number of carbonyl (C=O) groups is 1. The van der Waals surface area contributed by atoms with Gasteiger partial charge in [-0.25, -0.2) is 0 Å². The molecule has 1 unspecified atom stereocenters. The summed E-state index contributed by atoms with van der Waals surface area (Å²) in [6.07, 6.45) is 1.13. The van der Waals surface area contributed by atoms with E-state index in [9.17, 15) is 4.79 Å². The molecule has 0 aromatic rings. The Kier molecular flexibility index (Phi) is 10.1. The fraction of sp³-hybridized carbons (Fsp3) is 0.917. The average Bonchev–Trinajstić information content (AvgIpc) is 2.33. The first kappa shape index (κ1) is 16.4. The van der Waals surface area contributed by atoms with Gasteiger partial charge in [0.05, 0.1) is 13.2 Å². The van der Waals surface area contributed by atoms with Crippen LogP contribution >= 0.6 is 0 Å². The van der Waals surface area contributed by atoms with Crippen molar-refractivity contribution in [3.05, 3.63) is 0 Å². The summed E-state index contributed by atoms with van der Waals surface area (Å²) in [5.74, 6) is 0.0404. The summed E-state index contributed by atoms with van der Waals surface area (Å²) in [6.45, 7) is 7.63. The number of ether oxygens (including phenoxy) is 1. The lowest BCUT2D eigenvalue weighted by Gasteiger charge is -2.23. The third kappa shape index (κ3) is 9.09. The molecule has 0 spiro atoms. The van der Waals surface area contributed by atoms with Crippen LogP contribution in [-0.4, -0.2) is 63.8 Å². The van der Waals surface area contributed by atoms with Gasteiger partial charge in [0.25, 0.3) is 0 Å². The number of methoxy groups -OCH3 is 1. The number of carbonyl (C=O) groups excluding carboxylic acids is 1. The molecule has 0 aromatic heterocycles. The highest BCUT2D eigenvalue weighted by molar-refractivity contribution is 5.77. The zero-order valence-electron chi connectivity index (χ0n) is 11.6. The normalized spacial score (nSPS) is 12.8. The lowest BCUT2D eigenvalue weighted by molar-refractivity contribution is -0.120. The molecule has 102 valence electrons. The largest absolute Gasteiger partial charge is 0.383 e. The number of nitrogens with zero attached hydrogens (tertiary/aromatic N) is 1. The minimum absolute atomic E-state index is 0.0404. The summed E-state index contributed by atoms with van der Waals surface area (Å²) in [4.78, 5) is 13.6. The summed E-state index contributed by atoms with van der Waals surface area (Å²) in [5.41, 5.74) is 0. The summed E-state index contributed by atoms with van der Waals surface area (Å²) in [7, 11) is 3.73. The van der Waals surface area contributed by atoms with E-state index in [0.717, 1.165) is 13.0 Å². The molecule has 2 N–H and O–H groups in total. The van der Waals surface area contributed by atoms with Crippen molar-refractivity contribution >= 4 is 5.91 Å². The van der Waals surface area contributed by atoms with E-state index in [1.165, 1.54) is 0 Å². The minimum Gasteiger partial charge on any atom is -0.383 e. The van der Waals surface area contributed by atoms with Crippen molar-refractivity contribution in [1.82, 2.24) is 15.5 Å². The van der Waals surface area contributed by atoms with Crippen LogP contribution in [0.15, 0.2) is 0 Å². The van der Waals surface area contributed by atoms with Crippen LogP contribution in [0.3, 0.4) is 0 Å². The fourth-order valence-corrected chi connectivity index (χ4v) is 1.34. The molecule has 0 radical (unpaired) electrons. The smallest absolute Gasteiger partial charge is 0.234 e. The Morgan fingerprint density at radius 2 is 2.12 bits per heavy atom. The van der Waals surface area contributed by atoms with Crippen LogP contribution < -0.4 is 10.6 Å². The lowest BCUT2D eigenvalue weighted by Crippen LogP contribution is -2.40. The van der Waals surface area contributed by atoms with E-state index in [1.807, 2.05) is 0 Å². The number of rotatable bonds is 10. The second-order valence-corrected chi connectivity index (χ2v) is 4.26. The molecule has 17 heavy (non-hydrogen) atoms. The molecule has 1 amide bonds. The summed E-state index contributed by atoms with van der Waals surface area (Å²) in [5, 5.41) is 5.89. The van der Waals surface area contributed by atoms with Crippen molar-refractivity contribution in [2.45, 2.75) is 26.3 Å². The van der Waals surface area contributed by atoms with Crippen molar-refractivity contribution in [2.24, 2.45) is 0 Å². The van der Waals surface area contributed by atoms with Gasteiger partial charge < -0.3 is 20.3 Å². The molecule has 0 aliphatic rings. The third-order valence-corrected chi connectivity index (χ3v) is 2.90. The van der Waals surface area contributed by atoms with E-state index in [4.69, 9.17) is 4.74 Å². The monoisotopic (exact) mass is 245 g/mol. The molecule has 0 aliphatic heterocycles. The van der Waals surface area contributed by atoms with Gasteiger partial charge in [0, 0.05) is 32.8 Å². The molecule has 0 heterocycles. The van der Waals surface area contributed by atoms with Gasteiger partial charge in [-0.05, 0) is 20.4 Å². The van der Waals surface area contributed by atoms with E-state index < -0.39 is 0 Å². The Morgan fingerprint density at radius 3 is 2.71 bits per heavy atom. The van der Waals surface area contributed by atoms with Crippen molar-refractivity contribution in [3.63, 3.8) is 0 Å². The van der Waals surface area contributed by atoms with Gasteiger partial charge in [-0.3, -0.25) is 4.79 Å². The first-order chi connectivity index (χ1) is 8.11. The van der Waals surface area contributed by atoms with Gasteiger partial charge in [0.1, 0.15) is 0 Å². The van der Waals surface area contributed by atoms with Crippen molar-refractivity contribution < 1.29 is 9.53 Å². The fourth-order valence-electron chi connectivity index (χ4n) is 1.34. The van der Waals surface area contributed by atoms with Crippen LogP contribution in [0.4, 0.5) is 0 Å². The second-order valence-electron chi connectivity index (χ2n) is 4.26. The highest BCUT2D eigenvalue weighted by atomic mass is 16.5. The Balaban J connectivity index is 3.44. The van der Waals surface area contributed by atoms with Crippen molar-refractivity contribution in [3.8, 4) is 0 Å². The van der Waals surface area contributed by atoms with Gasteiger partial charge in [0.15, 0.2) is 0 Å². The molecular weight excluding hydrogens is 218 g/mol. The number of likely N-dealkylation sites (N-methyl/N-ethyl adjacent to an activating group) is 1. The molecule has 5 heteroatoms. The number of amides is 1. The lowest BCUT2D eigenvalue weighted by atomic mass is 10.2. The maximum Gasteiger partial charge on any atom is 0.234 e. The van der Waals surface area contributed by atoms with Gasteiger partial charge in [0.2, 0.25) is 5.91 Å². The Bertz CT molecular complexity index is 200. The Hall–Kier alpha value is -0.650. The highest BCUT2D eigenvalue weighted by Gasteiger charge is 2.06. The summed E-state index contributed by atoms with van der Waals surface area (Å²) < 4.78 is 4.87. The molecular formula is C12H27N3O2. The van der Waals surface area contributed by atoms with Crippen LogP contribution in [0, 0.1) is 0 Å². The first-order valence-corrected chi connectivity index (χ1v) is 6.28. The third-order valence-electron chi connectivity index (χ3n) is 2.90. The van der Waals surface area contributed by atoms with E-state index >= 15 is 0 Å². The molecule has 1 atom stereocenters. The molecule has 0 bridgehead atoms. The molecule has 0 rings (SSSR count). The van der Waals surface area contributed by atoms with Crippen LogP contribution in [0.25, 0.3) is 0 Å². The Morgan fingerprint density at radius 1 is 1.41 bits per heavy atom. The van der Waals surface area contributed by atoms with Crippen LogP contribution in [0.5, 0.6) is 0 Å². The van der Waals surface area contributed by atoms with Gasteiger partial charge in [-0.15, -0.1) is 0 Å². The average molecular weight is 245 g/mol. The molecule has 0 aromatic carbocycles. The minimum atomic E-state index is 0.0404. The van der Waals surface area contributed by atoms with Crippen LogP contribution in [-0.2, 0) is 9.53 Å². The molecule has 5 nitrogen and oxygen atoms in total. The van der Waals surface area contributed by atoms with E-state index in [0.29, 0.717) is 32.3 Å². The standard InChI is InChI=1S/C12H27N3O2/c1-5-11(2)15(3)8-6-14-12(16)10-13-7-9-17-4/h11,13H,5-10H2,1-4H3,(H,14,16). The molecule has 0 aliphatic carbocycles. The first-order valence-electron chi connectivity index (χ1n) is 6.28. The number of nitrogens with one attached hydrogen (secondary N) is 2. The number of hydrogen-bond donors (Lipinski definition) is 2. The predicted molar refractivity (Wildman–Crippen MR) is 70.1 cm³/mol. The molecule has 0 fully saturated rings.